The third-order valence-corrected chi connectivity index (χ3v) is 5.70. The van der Waals surface area contributed by atoms with E-state index in [1.807, 2.05) is 13.0 Å². The van der Waals surface area contributed by atoms with Gasteiger partial charge in [-0.15, -0.1) is 11.3 Å². The molecule has 0 aromatic carbocycles. The first kappa shape index (κ1) is 15.8. The standard InChI is InChI=1S/C17H17N5O2S/c1-7-9(3)25-17-13(7)15(10-4-5-19-21-10)20-11(6-12(18)23)16-14(17)8(2)22-24-16/h4-5,11H,6H2,1-3H3,(H2,18,23)(H,19,21)/t11-/m0/s1. The summed E-state index contributed by atoms with van der Waals surface area (Å²) in [4.78, 5) is 18.7. The highest BCUT2D eigenvalue weighted by Crippen LogP contribution is 2.45. The molecule has 7 nitrogen and oxygen atoms in total. The summed E-state index contributed by atoms with van der Waals surface area (Å²) in [5.41, 5.74) is 10.9. The van der Waals surface area contributed by atoms with Crippen LogP contribution < -0.4 is 5.73 Å². The van der Waals surface area contributed by atoms with E-state index in [0.29, 0.717) is 5.76 Å². The van der Waals surface area contributed by atoms with E-state index in [2.05, 4.69) is 29.2 Å². The molecule has 3 aromatic heterocycles. The third-order valence-electron chi connectivity index (χ3n) is 4.48. The van der Waals surface area contributed by atoms with Crippen molar-refractivity contribution >= 4 is 23.0 Å². The number of hydrogen-bond acceptors (Lipinski definition) is 6. The van der Waals surface area contributed by atoms with E-state index in [1.165, 1.54) is 4.88 Å². The van der Waals surface area contributed by atoms with Gasteiger partial charge in [0.25, 0.3) is 0 Å². The van der Waals surface area contributed by atoms with Crippen molar-refractivity contribution in [3.8, 4) is 10.4 Å². The van der Waals surface area contributed by atoms with Crippen molar-refractivity contribution in [2.24, 2.45) is 10.7 Å². The molecule has 128 valence electrons. The van der Waals surface area contributed by atoms with Gasteiger partial charge in [-0.3, -0.25) is 14.9 Å². The lowest BCUT2D eigenvalue weighted by molar-refractivity contribution is -0.118. The fourth-order valence-electron chi connectivity index (χ4n) is 3.18. The number of aromatic nitrogens is 3. The Kier molecular flexibility index (Phi) is 3.57. The molecule has 0 aliphatic carbocycles. The topological polar surface area (TPSA) is 110 Å². The maximum Gasteiger partial charge on any atom is 0.220 e. The fraction of sp³-hybridized carbons (Fsp3) is 0.294. The summed E-state index contributed by atoms with van der Waals surface area (Å²) in [6.07, 6.45) is 1.75. The molecule has 3 N–H and O–H groups in total. The van der Waals surface area contributed by atoms with Gasteiger partial charge >= 0.3 is 0 Å². The van der Waals surface area contributed by atoms with Gasteiger partial charge in [0.2, 0.25) is 5.91 Å². The number of aliphatic imine (C=N–C) groups is 1. The summed E-state index contributed by atoms with van der Waals surface area (Å²) in [7, 11) is 0. The summed E-state index contributed by atoms with van der Waals surface area (Å²) in [6.45, 7) is 6.06. The fourth-order valence-corrected chi connectivity index (χ4v) is 4.44. The molecular weight excluding hydrogens is 338 g/mol. The van der Waals surface area contributed by atoms with Crippen LogP contribution in [0.5, 0.6) is 0 Å². The molecule has 0 saturated carbocycles. The van der Waals surface area contributed by atoms with E-state index in [1.54, 1.807) is 17.5 Å². The van der Waals surface area contributed by atoms with Crippen molar-refractivity contribution in [3.05, 3.63) is 45.4 Å². The zero-order valence-corrected chi connectivity index (χ0v) is 14.9. The van der Waals surface area contributed by atoms with Crippen LogP contribution in [-0.4, -0.2) is 27.0 Å². The van der Waals surface area contributed by atoms with Crippen molar-refractivity contribution in [1.29, 1.82) is 0 Å². The smallest absolute Gasteiger partial charge is 0.220 e. The number of nitrogens with two attached hydrogens (primary N) is 1. The molecule has 8 heteroatoms. The number of primary amides is 1. The molecule has 0 bridgehead atoms. The molecule has 0 radical (unpaired) electrons. The first-order chi connectivity index (χ1) is 12.0. The molecule has 1 aliphatic heterocycles. The molecule has 25 heavy (non-hydrogen) atoms. The van der Waals surface area contributed by atoms with Gasteiger partial charge in [0.1, 0.15) is 6.04 Å². The number of fused-ring (bicyclic) bond motifs is 3. The number of rotatable bonds is 3. The van der Waals surface area contributed by atoms with Gasteiger partial charge in [-0.2, -0.15) is 5.10 Å². The van der Waals surface area contributed by atoms with Crippen LogP contribution in [0.15, 0.2) is 21.8 Å². The monoisotopic (exact) mass is 355 g/mol. The highest BCUT2D eigenvalue weighted by Gasteiger charge is 2.34. The van der Waals surface area contributed by atoms with Crippen LogP contribution >= 0.6 is 11.3 Å². The number of hydrogen-bond donors (Lipinski definition) is 2. The lowest BCUT2D eigenvalue weighted by atomic mass is 9.99. The average Bonchev–Trinajstić information content (AvgIpc) is 3.24. The first-order valence-corrected chi connectivity index (χ1v) is 8.71. The van der Waals surface area contributed by atoms with Gasteiger partial charge in [-0.25, -0.2) is 0 Å². The Bertz CT molecular complexity index is 997. The normalized spacial score (nSPS) is 16.1. The molecule has 3 aromatic rings. The molecule has 1 atom stereocenters. The van der Waals surface area contributed by atoms with E-state index in [0.717, 1.165) is 38.7 Å². The number of carbonyl (C=O) groups excluding carboxylic acids is 1. The Balaban J connectivity index is 2.05. The van der Waals surface area contributed by atoms with Gasteiger partial charge in [0, 0.05) is 21.5 Å². The van der Waals surface area contributed by atoms with E-state index < -0.39 is 11.9 Å². The molecule has 4 heterocycles. The summed E-state index contributed by atoms with van der Waals surface area (Å²) in [5, 5.41) is 11.1. The predicted molar refractivity (Wildman–Crippen MR) is 94.8 cm³/mol. The number of carbonyl (C=O) groups is 1. The number of nitrogens with zero attached hydrogens (tertiary/aromatic N) is 3. The van der Waals surface area contributed by atoms with Gasteiger partial charge in [-0.1, -0.05) is 5.16 Å². The van der Waals surface area contributed by atoms with Crippen LogP contribution in [0.25, 0.3) is 10.4 Å². The van der Waals surface area contributed by atoms with E-state index in [4.69, 9.17) is 15.2 Å². The van der Waals surface area contributed by atoms with Crippen molar-refractivity contribution in [3.63, 3.8) is 0 Å². The van der Waals surface area contributed by atoms with Crippen molar-refractivity contribution in [1.82, 2.24) is 15.4 Å². The maximum absolute atomic E-state index is 11.6. The Labute approximate surface area is 147 Å². The van der Waals surface area contributed by atoms with Crippen LogP contribution in [-0.2, 0) is 4.79 Å². The minimum absolute atomic E-state index is 0.0617. The Morgan fingerprint density at radius 1 is 1.36 bits per heavy atom. The molecule has 0 unspecified atom stereocenters. The minimum atomic E-state index is -0.508. The molecule has 1 amide bonds. The lowest BCUT2D eigenvalue weighted by Crippen LogP contribution is -2.15. The number of H-pyrrole nitrogens is 1. The van der Waals surface area contributed by atoms with Crippen LogP contribution in [0, 0.1) is 20.8 Å². The van der Waals surface area contributed by atoms with Gasteiger partial charge in [0.15, 0.2) is 5.76 Å². The molecule has 4 rings (SSSR count). The quantitative estimate of drug-likeness (QED) is 0.752. The van der Waals surface area contributed by atoms with Crippen molar-refractivity contribution in [2.45, 2.75) is 33.2 Å². The molecular formula is C17H17N5O2S. The van der Waals surface area contributed by atoms with Crippen LogP contribution in [0.3, 0.4) is 0 Å². The highest BCUT2D eigenvalue weighted by atomic mass is 32.1. The number of amides is 1. The zero-order valence-electron chi connectivity index (χ0n) is 14.1. The first-order valence-electron chi connectivity index (χ1n) is 7.90. The molecule has 0 spiro atoms. The summed E-state index contributed by atoms with van der Waals surface area (Å²) < 4.78 is 5.57. The second-order valence-electron chi connectivity index (χ2n) is 6.13. The Morgan fingerprint density at radius 2 is 2.16 bits per heavy atom. The summed E-state index contributed by atoms with van der Waals surface area (Å²) in [6, 6.07) is 1.36. The van der Waals surface area contributed by atoms with Crippen molar-refractivity contribution in [2.75, 3.05) is 0 Å². The molecule has 0 saturated heterocycles. The summed E-state index contributed by atoms with van der Waals surface area (Å²) in [5.74, 6) is 0.157. The van der Waals surface area contributed by atoms with E-state index in [-0.39, 0.29) is 6.42 Å². The molecule has 0 fully saturated rings. The van der Waals surface area contributed by atoms with Crippen LogP contribution in [0.1, 0.15) is 45.6 Å². The maximum atomic E-state index is 11.6. The Hall–Kier alpha value is -2.74. The Morgan fingerprint density at radius 3 is 2.84 bits per heavy atom. The van der Waals surface area contributed by atoms with Gasteiger partial charge in [0.05, 0.1) is 29.1 Å². The second-order valence-corrected chi connectivity index (χ2v) is 7.35. The highest BCUT2D eigenvalue weighted by molar-refractivity contribution is 7.16. The van der Waals surface area contributed by atoms with Crippen LogP contribution in [0.2, 0.25) is 0 Å². The minimum Gasteiger partial charge on any atom is -0.370 e. The van der Waals surface area contributed by atoms with Crippen LogP contribution in [0.4, 0.5) is 0 Å². The molecule has 1 aliphatic rings. The largest absolute Gasteiger partial charge is 0.370 e. The van der Waals surface area contributed by atoms with E-state index in [9.17, 15) is 4.79 Å². The van der Waals surface area contributed by atoms with E-state index >= 15 is 0 Å². The average molecular weight is 355 g/mol. The van der Waals surface area contributed by atoms with Crippen molar-refractivity contribution < 1.29 is 9.32 Å². The number of thiophene rings is 1. The second kappa shape index (κ2) is 5.66. The number of aromatic amines is 1. The number of aryl methyl sites for hydroxylation is 2. The number of nitrogens with one attached hydrogen (secondary N) is 1. The predicted octanol–water partition coefficient (Wildman–Crippen LogP) is 2.82. The zero-order chi connectivity index (χ0) is 17.7. The SMILES string of the molecule is Cc1noc2c1-c1sc(C)c(C)c1C(c1ccn[nH]1)=N[C@H]2CC(N)=O. The summed E-state index contributed by atoms with van der Waals surface area (Å²) >= 11 is 1.68. The van der Waals surface area contributed by atoms with Gasteiger partial charge in [-0.05, 0) is 32.4 Å². The third kappa shape index (κ3) is 2.41. The lowest BCUT2D eigenvalue weighted by Gasteiger charge is -2.09. The van der Waals surface area contributed by atoms with Gasteiger partial charge < -0.3 is 10.3 Å².